The summed E-state index contributed by atoms with van der Waals surface area (Å²) in [5.41, 5.74) is -0.660. The minimum absolute atomic E-state index is 0.167. The van der Waals surface area contributed by atoms with Crippen molar-refractivity contribution in [1.29, 1.82) is 0 Å². The Bertz CT molecular complexity index is 354. The van der Waals surface area contributed by atoms with Crippen LogP contribution >= 0.6 is 0 Å². The fourth-order valence-electron chi connectivity index (χ4n) is 1.91. The highest BCUT2D eigenvalue weighted by Crippen LogP contribution is 2.42. The number of rotatable bonds is 3. The number of carboxylic acid groups (broad SMARTS) is 2. The summed E-state index contributed by atoms with van der Waals surface area (Å²) in [5, 5.41) is 18.0. The molecule has 0 bridgehead atoms. The van der Waals surface area contributed by atoms with Crippen LogP contribution in [0, 0.1) is 11.3 Å². The molecule has 0 amide bonds. The molecule has 0 spiro atoms. The van der Waals surface area contributed by atoms with Crippen molar-refractivity contribution in [3.8, 4) is 0 Å². The molecule has 0 aromatic heterocycles. The number of allylic oxidation sites excluding steroid dienone is 2. The Balaban J connectivity index is 3.20. The van der Waals surface area contributed by atoms with E-state index in [1.807, 2.05) is 0 Å². The molecule has 0 aromatic carbocycles. The van der Waals surface area contributed by atoms with Crippen molar-refractivity contribution in [1.82, 2.24) is 0 Å². The minimum atomic E-state index is -1.05. The van der Waals surface area contributed by atoms with Gasteiger partial charge in [-0.25, -0.2) is 4.79 Å². The Hall–Kier alpha value is -1.58. The van der Waals surface area contributed by atoms with Crippen molar-refractivity contribution in [2.45, 2.75) is 20.3 Å². The van der Waals surface area contributed by atoms with Gasteiger partial charge < -0.3 is 10.2 Å². The second-order valence-corrected chi connectivity index (χ2v) is 3.86. The van der Waals surface area contributed by atoms with Gasteiger partial charge in [0.05, 0.1) is 5.92 Å². The number of carboxylic acids is 2. The molecule has 15 heavy (non-hydrogen) atoms. The first-order valence-corrected chi connectivity index (χ1v) is 4.78. The summed E-state index contributed by atoms with van der Waals surface area (Å²) < 4.78 is 0. The largest absolute Gasteiger partial charge is 0.481 e. The molecular weight excluding hydrogens is 196 g/mol. The topological polar surface area (TPSA) is 74.6 Å². The van der Waals surface area contributed by atoms with E-state index in [4.69, 9.17) is 10.2 Å². The van der Waals surface area contributed by atoms with Crippen LogP contribution < -0.4 is 0 Å². The molecule has 4 heteroatoms. The van der Waals surface area contributed by atoms with Gasteiger partial charge in [0, 0.05) is 11.0 Å². The molecule has 0 radical (unpaired) electrons. The van der Waals surface area contributed by atoms with Gasteiger partial charge in [0.1, 0.15) is 0 Å². The standard InChI is InChI=1S/C11H14O4/c1-3-11(2)7(9(12)13)5-4-6-8(11)10(14)15/h4-7H,3H2,1-2H3,(H,12,13)(H,14,15). The van der Waals surface area contributed by atoms with Crippen LogP contribution in [0.25, 0.3) is 0 Å². The number of carbonyl (C=O) groups is 2. The maximum Gasteiger partial charge on any atom is 0.332 e. The fourth-order valence-corrected chi connectivity index (χ4v) is 1.91. The smallest absolute Gasteiger partial charge is 0.332 e. The van der Waals surface area contributed by atoms with Gasteiger partial charge >= 0.3 is 11.9 Å². The van der Waals surface area contributed by atoms with Crippen LogP contribution in [0.3, 0.4) is 0 Å². The molecule has 0 fully saturated rings. The van der Waals surface area contributed by atoms with E-state index in [-0.39, 0.29) is 5.57 Å². The van der Waals surface area contributed by atoms with E-state index in [0.717, 1.165) is 0 Å². The molecule has 0 saturated heterocycles. The zero-order chi connectivity index (χ0) is 11.6. The molecule has 0 aliphatic heterocycles. The van der Waals surface area contributed by atoms with Gasteiger partial charge in [-0.05, 0) is 6.42 Å². The van der Waals surface area contributed by atoms with Crippen molar-refractivity contribution in [3.63, 3.8) is 0 Å². The third kappa shape index (κ3) is 1.79. The fraction of sp³-hybridized carbons (Fsp3) is 0.455. The van der Waals surface area contributed by atoms with Crippen LogP contribution in [-0.4, -0.2) is 22.2 Å². The van der Waals surface area contributed by atoms with Gasteiger partial charge in [-0.15, -0.1) is 0 Å². The van der Waals surface area contributed by atoms with E-state index < -0.39 is 23.3 Å². The SMILES string of the molecule is CCC1(C)C(C(=O)O)=CC=CC1C(=O)O. The predicted octanol–water partition coefficient (Wildman–Crippen LogP) is 1.68. The van der Waals surface area contributed by atoms with E-state index >= 15 is 0 Å². The third-order valence-electron chi connectivity index (χ3n) is 3.10. The monoisotopic (exact) mass is 210 g/mol. The van der Waals surface area contributed by atoms with Crippen LogP contribution in [0.4, 0.5) is 0 Å². The van der Waals surface area contributed by atoms with Crippen LogP contribution in [0.1, 0.15) is 20.3 Å². The molecular formula is C11H14O4. The van der Waals surface area contributed by atoms with Crippen LogP contribution in [0.2, 0.25) is 0 Å². The van der Waals surface area contributed by atoms with E-state index in [1.165, 1.54) is 18.2 Å². The summed E-state index contributed by atoms with van der Waals surface area (Å²) in [4.78, 5) is 22.0. The number of aliphatic carboxylic acids is 2. The van der Waals surface area contributed by atoms with E-state index in [2.05, 4.69) is 0 Å². The average Bonchev–Trinajstić information content (AvgIpc) is 2.17. The van der Waals surface area contributed by atoms with Gasteiger partial charge in [-0.1, -0.05) is 32.1 Å². The van der Waals surface area contributed by atoms with E-state index in [0.29, 0.717) is 6.42 Å². The molecule has 4 nitrogen and oxygen atoms in total. The number of hydrogen-bond acceptors (Lipinski definition) is 2. The van der Waals surface area contributed by atoms with Crippen LogP contribution in [0.5, 0.6) is 0 Å². The maximum atomic E-state index is 11.0. The van der Waals surface area contributed by atoms with Crippen LogP contribution in [-0.2, 0) is 9.59 Å². The van der Waals surface area contributed by atoms with Crippen molar-refractivity contribution >= 4 is 11.9 Å². The summed E-state index contributed by atoms with van der Waals surface area (Å²) in [6.45, 7) is 3.47. The highest BCUT2D eigenvalue weighted by atomic mass is 16.4. The first-order chi connectivity index (χ1) is 6.93. The quantitative estimate of drug-likeness (QED) is 0.743. The summed E-state index contributed by atoms with van der Waals surface area (Å²) in [5.74, 6) is -2.80. The molecule has 1 aliphatic carbocycles. The normalized spacial score (nSPS) is 29.7. The number of hydrogen-bond donors (Lipinski definition) is 2. The molecule has 2 N–H and O–H groups in total. The lowest BCUT2D eigenvalue weighted by molar-refractivity contribution is -0.144. The van der Waals surface area contributed by atoms with Gasteiger partial charge in [0.15, 0.2) is 0 Å². The second kappa shape index (κ2) is 3.88. The minimum Gasteiger partial charge on any atom is -0.481 e. The second-order valence-electron chi connectivity index (χ2n) is 3.86. The summed E-state index contributed by atoms with van der Waals surface area (Å²) in [7, 11) is 0. The zero-order valence-electron chi connectivity index (χ0n) is 8.73. The zero-order valence-corrected chi connectivity index (χ0v) is 8.73. The predicted molar refractivity (Wildman–Crippen MR) is 54.4 cm³/mol. The van der Waals surface area contributed by atoms with E-state index in [9.17, 15) is 9.59 Å². The van der Waals surface area contributed by atoms with Crippen molar-refractivity contribution < 1.29 is 19.8 Å². The molecule has 0 heterocycles. The maximum absolute atomic E-state index is 11.0. The molecule has 82 valence electrons. The highest BCUT2D eigenvalue weighted by molar-refractivity contribution is 5.91. The highest BCUT2D eigenvalue weighted by Gasteiger charge is 2.43. The van der Waals surface area contributed by atoms with Gasteiger partial charge in [-0.3, -0.25) is 4.79 Å². The lowest BCUT2D eigenvalue weighted by Gasteiger charge is -2.35. The Kier molecular flexibility index (Phi) is 2.98. The van der Waals surface area contributed by atoms with Gasteiger partial charge in [0.2, 0.25) is 0 Å². The van der Waals surface area contributed by atoms with Crippen molar-refractivity contribution in [2.75, 3.05) is 0 Å². The molecule has 0 saturated carbocycles. The molecule has 2 unspecified atom stereocenters. The lowest BCUT2D eigenvalue weighted by atomic mass is 9.67. The summed E-state index contributed by atoms with van der Waals surface area (Å²) in [6.07, 6.45) is 5.00. The Labute approximate surface area is 87.9 Å². The summed E-state index contributed by atoms with van der Waals surface area (Å²) >= 11 is 0. The Morgan fingerprint density at radius 3 is 2.47 bits per heavy atom. The first kappa shape index (κ1) is 11.5. The molecule has 0 aromatic rings. The molecule has 1 aliphatic rings. The Morgan fingerprint density at radius 2 is 2.07 bits per heavy atom. The molecule has 1 rings (SSSR count). The first-order valence-electron chi connectivity index (χ1n) is 4.78. The lowest BCUT2D eigenvalue weighted by Crippen LogP contribution is -2.37. The third-order valence-corrected chi connectivity index (χ3v) is 3.10. The van der Waals surface area contributed by atoms with Crippen molar-refractivity contribution in [3.05, 3.63) is 23.8 Å². The summed E-state index contributed by atoms with van der Waals surface area (Å²) in [6, 6.07) is 0. The average molecular weight is 210 g/mol. The molecule has 2 atom stereocenters. The van der Waals surface area contributed by atoms with Crippen LogP contribution in [0.15, 0.2) is 23.8 Å². The Morgan fingerprint density at radius 1 is 1.47 bits per heavy atom. The van der Waals surface area contributed by atoms with Crippen molar-refractivity contribution in [2.24, 2.45) is 11.3 Å². The van der Waals surface area contributed by atoms with E-state index in [1.54, 1.807) is 13.8 Å². The van der Waals surface area contributed by atoms with Gasteiger partial charge in [-0.2, -0.15) is 0 Å². The van der Waals surface area contributed by atoms with Gasteiger partial charge in [0.25, 0.3) is 0 Å².